The zero-order chi connectivity index (χ0) is 18.6. The van der Waals surface area contributed by atoms with Gasteiger partial charge in [-0.05, 0) is 30.4 Å². The summed E-state index contributed by atoms with van der Waals surface area (Å²) in [6.07, 6.45) is 0.164. The van der Waals surface area contributed by atoms with Crippen molar-refractivity contribution in [2.75, 3.05) is 5.32 Å². The number of amides is 2. The molecule has 5 heteroatoms. The van der Waals surface area contributed by atoms with Crippen LogP contribution < -0.4 is 10.8 Å². The van der Waals surface area contributed by atoms with Gasteiger partial charge >= 0.3 is 0 Å². The van der Waals surface area contributed by atoms with Gasteiger partial charge in [0.1, 0.15) is 5.41 Å². The van der Waals surface area contributed by atoms with Crippen LogP contribution >= 0.6 is 0 Å². The largest absolute Gasteiger partial charge is 0.325 e. The van der Waals surface area contributed by atoms with Crippen LogP contribution in [0.25, 0.3) is 10.8 Å². The minimum absolute atomic E-state index is 0.164. The van der Waals surface area contributed by atoms with Crippen molar-refractivity contribution in [1.82, 2.24) is 5.48 Å². The summed E-state index contributed by atoms with van der Waals surface area (Å²) in [7, 11) is 0. The lowest BCUT2D eigenvalue weighted by Crippen LogP contribution is -2.47. The number of hydrogen-bond donors (Lipinski definition) is 3. The molecule has 3 rings (SSSR count). The summed E-state index contributed by atoms with van der Waals surface area (Å²) < 4.78 is 0. The van der Waals surface area contributed by atoms with Crippen LogP contribution in [0.1, 0.15) is 12.5 Å². The molecule has 0 saturated carbocycles. The van der Waals surface area contributed by atoms with Crippen LogP contribution in [0.4, 0.5) is 5.69 Å². The van der Waals surface area contributed by atoms with Gasteiger partial charge in [0.05, 0.1) is 0 Å². The highest BCUT2D eigenvalue weighted by Gasteiger charge is 2.41. The number of anilines is 1. The molecule has 0 saturated heterocycles. The van der Waals surface area contributed by atoms with Gasteiger partial charge in [-0.2, -0.15) is 0 Å². The van der Waals surface area contributed by atoms with Crippen molar-refractivity contribution in [3.8, 4) is 0 Å². The maximum Gasteiger partial charge on any atom is 0.259 e. The average molecular weight is 348 g/mol. The molecule has 0 heterocycles. The average Bonchev–Trinajstić information content (AvgIpc) is 2.68. The third-order valence-corrected chi connectivity index (χ3v) is 4.54. The van der Waals surface area contributed by atoms with E-state index in [-0.39, 0.29) is 6.42 Å². The quantitative estimate of drug-likeness (QED) is 0.375. The van der Waals surface area contributed by atoms with Gasteiger partial charge in [0.15, 0.2) is 0 Å². The highest BCUT2D eigenvalue weighted by atomic mass is 16.5. The van der Waals surface area contributed by atoms with Crippen molar-refractivity contribution in [2.24, 2.45) is 5.41 Å². The molecule has 0 aromatic heterocycles. The highest BCUT2D eigenvalue weighted by molar-refractivity contribution is 6.12. The summed E-state index contributed by atoms with van der Waals surface area (Å²) in [6, 6.07) is 22.5. The van der Waals surface area contributed by atoms with Crippen molar-refractivity contribution < 1.29 is 14.8 Å². The molecule has 0 radical (unpaired) electrons. The topological polar surface area (TPSA) is 78.4 Å². The van der Waals surface area contributed by atoms with E-state index in [4.69, 9.17) is 5.21 Å². The van der Waals surface area contributed by atoms with E-state index < -0.39 is 17.2 Å². The smallest absolute Gasteiger partial charge is 0.259 e. The van der Waals surface area contributed by atoms with Gasteiger partial charge in [-0.3, -0.25) is 14.8 Å². The summed E-state index contributed by atoms with van der Waals surface area (Å²) in [5.74, 6) is -1.23. The molecule has 0 aliphatic heterocycles. The Morgan fingerprint density at radius 2 is 1.54 bits per heavy atom. The van der Waals surface area contributed by atoms with E-state index in [0.717, 1.165) is 16.3 Å². The Morgan fingerprint density at radius 1 is 0.885 bits per heavy atom. The number of rotatable bonds is 5. The molecular weight excluding hydrogens is 328 g/mol. The highest BCUT2D eigenvalue weighted by Crippen LogP contribution is 2.28. The second kappa shape index (κ2) is 7.37. The van der Waals surface area contributed by atoms with E-state index in [1.807, 2.05) is 66.7 Å². The fourth-order valence-corrected chi connectivity index (χ4v) is 2.99. The second-order valence-electron chi connectivity index (χ2n) is 6.42. The van der Waals surface area contributed by atoms with E-state index in [1.54, 1.807) is 11.5 Å². The Kier molecular flexibility index (Phi) is 5.00. The first-order valence-corrected chi connectivity index (χ1v) is 8.32. The maximum atomic E-state index is 13.0. The van der Waals surface area contributed by atoms with E-state index in [2.05, 4.69) is 5.32 Å². The van der Waals surface area contributed by atoms with Crippen LogP contribution in [0.3, 0.4) is 0 Å². The number of hydrogen-bond acceptors (Lipinski definition) is 3. The molecule has 2 amide bonds. The molecule has 5 nitrogen and oxygen atoms in total. The number of carbonyl (C=O) groups excluding carboxylic acids is 2. The zero-order valence-electron chi connectivity index (χ0n) is 14.4. The summed E-state index contributed by atoms with van der Waals surface area (Å²) in [6.45, 7) is 1.52. The maximum absolute atomic E-state index is 13.0. The van der Waals surface area contributed by atoms with E-state index in [0.29, 0.717) is 5.69 Å². The number of hydroxylamine groups is 1. The molecule has 3 aromatic rings. The predicted octanol–water partition coefficient (Wildman–Crippen LogP) is 3.53. The van der Waals surface area contributed by atoms with E-state index in [1.165, 1.54) is 6.92 Å². The molecule has 0 bridgehead atoms. The summed E-state index contributed by atoms with van der Waals surface area (Å²) in [5, 5.41) is 13.9. The molecular formula is C21H20N2O3. The Bertz CT molecular complexity index is 935. The lowest BCUT2D eigenvalue weighted by atomic mass is 9.81. The minimum atomic E-state index is -1.47. The van der Waals surface area contributed by atoms with Gasteiger partial charge < -0.3 is 5.32 Å². The van der Waals surface area contributed by atoms with Crippen LogP contribution in [-0.2, 0) is 16.0 Å². The van der Waals surface area contributed by atoms with Gasteiger partial charge in [0.25, 0.3) is 5.91 Å². The number of carbonyl (C=O) groups is 2. The number of benzene rings is 3. The third-order valence-electron chi connectivity index (χ3n) is 4.54. The van der Waals surface area contributed by atoms with Crippen molar-refractivity contribution >= 4 is 28.3 Å². The summed E-state index contributed by atoms with van der Waals surface area (Å²) in [5.41, 5.74) is 1.61. The predicted molar refractivity (Wildman–Crippen MR) is 101 cm³/mol. The second-order valence-corrected chi connectivity index (χ2v) is 6.42. The Morgan fingerprint density at radius 3 is 2.27 bits per heavy atom. The van der Waals surface area contributed by atoms with Gasteiger partial charge in [0.2, 0.25) is 5.91 Å². The Labute approximate surface area is 151 Å². The molecule has 0 fully saturated rings. The molecule has 0 aliphatic carbocycles. The zero-order valence-corrected chi connectivity index (χ0v) is 14.4. The Balaban J connectivity index is 1.94. The van der Waals surface area contributed by atoms with E-state index >= 15 is 0 Å². The van der Waals surface area contributed by atoms with E-state index in [9.17, 15) is 9.59 Å². The number of nitrogens with one attached hydrogen (secondary N) is 2. The molecule has 0 aliphatic rings. The molecule has 26 heavy (non-hydrogen) atoms. The first kappa shape index (κ1) is 17.6. The molecule has 3 N–H and O–H groups in total. The fraction of sp³-hybridized carbons (Fsp3) is 0.143. The summed E-state index contributed by atoms with van der Waals surface area (Å²) >= 11 is 0. The standard InChI is InChI=1S/C21H20N2O3/c1-21(20(25)23-26,14-15-8-3-2-4-9-15)19(24)22-18-13-7-11-16-10-5-6-12-17(16)18/h2-13,26H,14H2,1H3,(H,22,24)(H,23,25)/t21-/m0/s1. The van der Waals surface area contributed by atoms with Crippen molar-refractivity contribution in [3.63, 3.8) is 0 Å². The van der Waals surface area contributed by atoms with Gasteiger partial charge in [-0.25, -0.2) is 5.48 Å². The van der Waals surface area contributed by atoms with Gasteiger partial charge in [0, 0.05) is 11.1 Å². The van der Waals surface area contributed by atoms with Crippen molar-refractivity contribution in [3.05, 3.63) is 78.4 Å². The van der Waals surface area contributed by atoms with Crippen LogP contribution in [0, 0.1) is 5.41 Å². The van der Waals surface area contributed by atoms with Crippen molar-refractivity contribution in [2.45, 2.75) is 13.3 Å². The van der Waals surface area contributed by atoms with Crippen molar-refractivity contribution in [1.29, 1.82) is 0 Å². The SMILES string of the molecule is C[C@@](Cc1ccccc1)(C(=O)NO)C(=O)Nc1cccc2ccccc12. The first-order chi connectivity index (χ1) is 12.5. The third kappa shape index (κ3) is 3.43. The molecule has 1 atom stereocenters. The normalized spacial score (nSPS) is 13.0. The van der Waals surface area contributed by atoms with Crippen LogP contribution in [0.5, 0.6) is 0 Å². The van der Waals surface area contributed by atoms with Crippen LogP contribution in [0.2, 0.25) is 0 Å². The monoisotopic (exact) mass is 348 g/mol. The Hall–Kier alpha value is -3.18. The fourth-order valence-electron chi connectivity index (χ4n) is 2.99. The molecule has 0 spiro atoms. The van der Waals surface area contributed by atoms with Gasteiger partial charge in [-0.1, -0.05) is 66.7 Å². The molecule has 132 valence electrons. The lowest BCUT2D eigenvalue weighted by Gasteiger charge is -2.26. The minimum Gasteiger partial charge on any atom is -0.325 e. The first-order valence-electron chi connectivity index (χ1n) is 8.32. The number of fused-ring (bicyclic) bond motifs is 1. The summed E-state index contributed by atoms with van der Waals surface area (Å²) in [4.78, 5) is 25.3. The van der Waals surface area contributed by atoms with Gasteiger partial charge in [-0.15, -0.1) is 0 Å². The molecule has 3 aromatic carbocycles. The lowest BCUT2D eigenvalue weighted by molar-refractivity contribution is -0.145. The van der Waals surface area contributed by atoms with Crippen LogP contribution in [-0.4, -0.2) is 17.0 Å². The molecule has 0 unspecified atom stereocenters. The van der Waals surface area contributed by atoms with Crippen LogP contribution in [0.15, 0.2) is 72.8 Å².